The number of hydrogen-bond acceptors (Lipinski definition) is 3. The number of hydrogen-bond donors (Lipinski definition) is 2. The van der Waals surface area contributed by atoms with Gasteiger partial charge in [0.25, 0.3) is 0 Å². The summed E-state index contributed by atoms with van der Waals surface area (Å²) in [5.41, 5.74) is 5.28. The van der Waals surface area contributed by atoms with Gasteiger partial charge in [0.2, 0.25) is 0 Å². The molecule has 0 aromatic heterocycles. The largest absolute Gasteiger partial charge is 0.444 e. The number of benzene rings is 1. The van der Waals surface area contributed by atoms with Crippen molar-refractivity contribution in [2.45, 2.75) is 38.7 Å². The van der Waals surface area contributed by atoms with E-state index >= 15 is 0 Å². The van der Waals surface area contributed by atoms with Gasteiger partial charge in [0.15, 0.2) is 0 Å². The zero-order valence-corrected chi connectivity index (χ0v) is 13.6. The van der Waals surface area contributed by atoms with E-state index in [4.69, 9.17) is 22.1 Å². The predicted molar refractivity (Wildman–Crippen MR) is 82.1 cm³/mol. The topological polar surface area (TPSA) is 64.3 Å². The number of nitrogens with two attached hydrogens (primary N) is 1. The molecule has 0 bridgehead atoms. The second-order valence-corrected chi connectivity index (χ2v) is 6.66. The van der Waals surface area contributed by atoms with Gasteiger partial charge in [0.05, 0.1) is 5.02 Å². The zero-order valence-electron chi connectivity index (χ0n) is 12.8. The molecule has 1 rings (SSSR count). The Balaban J connectivity index is 2.80. The fraction of sp³-hybridized carbons (Fsp3) is 0.533. The van der Waals surface area contributed by atoms with Crippen LogP contribution in [0.2, 0.25) is 5.02 Å². The number of carbonyl (C=O) groups excluding carboxylic acids is 1. The Morgan fingerprint density at radius 1 is 1.38 bits per heavy atom. The Bertz CT molecular complexity index is 517. The molecule has 3 N–H and O–H groups in total. The summed E-state index contributed by atoms with van der Waals surface area (Å²) in [5, 5.41) is 2.72. The molecule has 0 heterocycles. The lowest BCUT2D eigenvalue weighted by Gasteiger charge is -2.30. The van der Waals surface area contributed by atoms with Crippen molar-refractivity contribution in [2.24, 2.45) is 5.73 Å². The van der Waals surface area contributed by atoms with Gasteiger partial charge in [-0.05, 0) is 38.5 Å². The van der Waals surface area contributed by atoms with E-state index in [1.165, 1.54) is 12.1 Å². The van der Waals surface area contributed by atoms with Crippen LogP contribution < -0.4 is 11.1 Å². The molecule has 0 saturated carbocycles. The van der Waals surface area contributed by atoms with Crippen LogP contribution in [0.15, 0.2) is 18.2 Å². The average molecular weight is 317 g/mol. The number of carbonyl (C=O) groups is 1. The molecular formula is C15H22ClFN2O2. The Hall–Kier alpha value is -1.33. The van der Waals surface area contributed by atoms with E-state index in [2.05, 4.69) is 5.32 Å². The van der Waals surface area contributed by atoms with Crippen molar-refractivity contribution in [3.8, 4) is 0 Å². The summed E-state index contributed by atoms with van der Waals surface area (Å²) in [6, 6.07) is 4.52. The number of nitrogens with one attached hydrogen (secondary N) is 1. The van der Waals surface area contributed by atoms with Crippen molar-refractivity contribution in [1.29, 1.82) is 0 Å². The summed E-state index contributed by atoms with van der Waals surface area (Å²) in [6.07, 6.45) is -0.531. The monoisotopic (exact) mass is 316 g/mol. The number of halogens is 2. The van der Waals surface area contributed by atoms with Gasteiger partial charge in [-0.3, -0.25) is 0 Å². The highest BCUT2D eigenvalue weighted by Crippen LogP contribution is 2.26. The van der Waals surface area contributed by atoms with Crippen molar-refractivity contribution in [3.63, 3.8) is 0 Å². The van der Waals surface area contributed by atoms with E-state index in [9.17, 15) is 9.18 Å². The maximum atomic E-state index is 13.6. The minimum atomic E-state index is -0.609. The number of amides is 1. The molecule has 0 aliphatic heterocycles. The average Bonchev–Trinajstić information content (AvgIpc) is 2.37. The third kappa shape index (κ3) is 5.17. The van der Waals surface area contributed by atoms with Crippen LogP contribution in [0.4, 0.5) is 9.18 Å². The quantitative estimate of drug-likeness (QED) is 0.896. The van der Waals surface area contributed by atoms with Crippen molar-refractivity contribution < 1.29 is 13.9 Å². The molecule has 1 amide bonds. The van der Waals surface area contributed by atoms with Gasteiger partial charge >= 0.3 is 6.09 Å². The van der Waals surface area contributed by atoms with Crippen LogP contribution in [0.25, 0.3) is 0 Å². The van der Waals surface area contributed by atoms with E-state index in [0.717, 1.165) is 0 Å². The van der Waals surface area contributed by atoms with E-state index in [0.29, 0.717) is 5.56 Å². The van der Waals surface area contributed by atoms with Crippen molar-refractivity contribution in [2.75, 3.05) is 13.1 Å². The number of alkyl carbamates (subject to hydrolysis) is 1. The summed E-state index contributed by atoms with van der Waals surface area (Å²) in [6.45, 7) is 7.66. The van der Waals surface area contributed by atoms with Crippen LogP contribution in [0.1, 0.15) is 33.3 Å². The minimum Gasteiger partial charge on any atom is -0.444 e. The first-order valence-corrected chi connectivity index (χ1v) is 7.08. The Morgan fingerprint density at radius 3 is 2.48 bits per heavy atom. The number of rotatable bonds is 4. The third-order valence-electron chi connectivity index (χ3n) is 3.09. The van der Waals surface area contributed by atoms with E-state index < -0.39 is 22.9 Å². The van der Waals surface area contributed by atoms with Gasteiger partial charge in [-0.1, -0.05) is 24.6 Å². The molecular weight excluding hydrogens is 295 g/mol. The molecule has 1 aromatic rings. The first-order valence-electron chi connectivity index (χ1n) is 6.70. The smallest absolute Gasteiger partial charge is 0.407 e. The summed E-state index contributed by atoms with van der Waals surface area (Å²) in [5.74, 6) is -0.508. The van der Waals surface area contributed by atoms with Crippen LogP contribution in [0.5, 0.6) is 0 Å². The standard InChI is InChI=1S/C15H22ClFN2O2/c1-14(2,3)21-13(20)19-9-15(4,8-18)10-5-6-11(16)12(17)7-10/h5-7H,8-9,18H2,1-4H3,(H,19,20). The molecule has 21 heavy (non-hydrogen) atoms. The molecule has 0 aliphatic carbocycles. The van der Waals surface area contributed by atoms with Gasteiger partial charge in [-0.2, -0.15) is 0 Å². The highest BCUT2D eigenvalue weighted by atomic mass is 35.5. The van der Waals surface area contributed by atoms with E-state index in [1.807, 2.05) is 6.92 Å². The van der Waals surface area contributed by atoms with Crippen LogP contribution in [-0.4, -0.2) is 24.8 Å². The Kier molecular flexibility index (Phi) is 5.59. The third-order valence-corrected chi connectivity index (χ3v) is 3.40. The highest BCUT2D eigenvalue weighted by Gasteiger charge is 2.27. The lowest BCUT2D eigenvalue weighted by molar-refractivity contribution is 0.0516. The molecule has 118 valence electrons. The van der Waals surface area contributed by atoms with Crippen molar-refractivity contribution in [3.05, 3.63) is 34.6 Å². The molecule has 1 unspecified atom stereocenters. The van der Waals surface area contributed by atoms with Gasteiger partial charge in [-0.15, -0.1) is 0 Å². The van der Waals surface area contributed by atoms with Crippen LogP contribution in [0, 0.1) is 5.82 Å². The molecule has 0 aliphatic rings. The normalized spacial score (nSPS) is 14.4. The molecule has 0 radical (unpaired) electrons. The van der Waals surface area contributed by atoms with Crippen LogP contribution >= 0.6 is 11.6 Å². The van der Waals surface area contributed by atoms with Crippen molar-refractivity contribution in [1.82, 2.24) is 5.32 Å². The Morgan fingerprint density at radius 2 is 2.00 bits per heavy atom. The van der Waals surface area contributed by atoms with Crippen LogP contribution in [-0.2, 0) is 10.2 Å². The molecule has 1 aromatic carbocycles. The Labute approximate surface area is 129 Å². The lowest BCUT2D eigenvalue weighted by Crippen LogP contribution is -2.45. The van der Waals surface area contributed by atoms with Gasteiger partial charge < -0.3 is 15.8 Å². The first kappa shape index (κ1) is 17.7. The van der Waals surface area contributed by atoms with E-state index in [-0.39, 0.29) is 18.1 Å². The van der Waals surface area contributed by atoms with Gasteiger partial charge in [-0.25, -0.2) is 9.18 Å². The molecule has 1 atom stereocenters. The maximum Gasteiger partial charge on any atom is 0.407 e. The van der Waals surface area contributed by atoms with E-state index in [1.54, 1.807) is 26.8 Å². The number of ether oxygens (including phenoxy) is 1. The lowest BCUT2D eigenvalue weighted by atomic mass is 9.82. The molecule has 6 heteroatoms. The summed E-state index contributed by atoms with van der Waals surface area (Å²) >= 11 is 5.68. The second kappa shape index (κ2) is 6.62. The maximum absolute atomic E-state index is 13.6. The first-order chi connectivity index (χ1) is 9.57. The highest BCUT2D eigenvalue weighted by molar-refractivity contribution is 6.30. The fourth-order valence-electron chi connectivity index (χ4n) is 1.75. The molecule has 0 saturated heterocycles. The summed E-state index contributed by atoms with van der Waals surface area (Å²) < 4.78 is 18.8. The predicted octanol–water partition coefficient (Wildman–Crippen LogP) is 3.22. The van der Waals surface area contributed by atoms with Gasteiger partial charge in [0.1, 0.15) is 11.4 Å². The van der Waals surface area contributed by atoms with Gasteiger partial charge in [0, 0.05) is 18.5 Å². The summed E-state index contributed by atoms with van der Waals surface area (Å²) in [4.78, 5) is 11.7. The van der Waals surface area contributed by atoms with Crippen molar-refractivity contribution >= 4 is 17.7 Å². The molecule has 4 nitrogen and oxygen atoms in total. The van der Waals surface area contributed by atoms with Crippen LogP contribution in [0.3, 0.4) is 0 Å². The SMILES string of the molecule is CC(C)(C)OC(=O)NCC(C)(CN)c1ccc(Cl)c(F)c1. The second-order valence-electron chi connectivity index (χ2n) is 6.25. The zero-order chi connectivity index (χ0) is 16.3. The molecule has 0 spiro atoms. The summed E-state index contributed by atoms with van der Waals surface area (Å²) in [7, 11) is 0. The molecule has 0 fully saturated rings. The fourth-order valence-corrected chi connectivity index (χ4v) is 1.86. The minimum absolute atomic E-state index is 0.0539.